The molecular weight excluding hydrogens is 421 g/mol. The van der Waals surface area contributed by atoms with E-state index in [0.29, 0.717) is 6.42 Å². The van der Waals surface area contributed by atoms with Crippen LogP contribution in [0.25, 0.3) is 0 Å². The molecule has 2 heterocycles. The monoisotopic (exact) mass is 451 g/mol. The van der Waals surface area contributed by atoms with E-state index in [2.05, 4.69) is 51.9 Å². The third kappa shape index (κ3) is 6.88. The van der Waals surface area contributed by atoms with Gasteiger partial charge in [0.15, 0.2) is 0 Å². The minimum absolute atomic E-state index is 0. The Labute approximate surface area is 191 Å². The van der Waals surface area contributed by atoms with Gasteiger partial charge in [0.2, 0.25) is 5.91 Å². The fourth-order valence-corrected chi connectivity index (χ4v) is 3.98. The van der Waals surface area contributed by atoms with Gasteiger partial charge in [-0.05, 0) is 67.2 Å². The van der Waals surface area contributed by atoms with Gasteiger partial charge in [0.1, 0.15) is 0 Å². The molecule has 2 aliphatic heterocycles. The van der Waals surface area contributed by atoms with E-state index in [0.717, 1.165) is 63.0 Å². The summed E-state index contributed by atoms with van der Waals surface area (Å²) in [4.78, 5) is 14.7. The van der Waals surface area contributed by atoms with Crippen LogP contribution in [-0.2, 0) is 22.4 Å². The van der Waals surface area contributed by atoms with Crippen LogP contribution < -0.4 is 15.5 Å². The molecule has 2 aromatic rings. The van der Waals surface area contributed by atoms with Crippen LogP contribution in [0.1, 0.15) is 17.5 Å². The van der Waals surface area contributed by atoms with E-state index in [9.17, 15) is 4.79 Å². The highest BCUT2D eigenvalue weighted by Gasteiger charge is 2.15. The summed E-state index contributed by atoms with van der Waals surface area (Å²) in [6, 6.07) is 16.6. The van der Waals surface area contributed by atoms with E-state index in [-0.39, 0.29) is 30.7 Å². The lowest BCUT2D eigenvalue weighted by molar-refractivity contribution is -0.115. The fourth-order valence-electron chi connectivity index (χ4n) is 3.98. The Bertz CT molecular complexity index is 772. The first kappa shape index (κ1) is 24.5. The maximum atomic E-state index is 12.4. The summed E-state index contributed by atoms with van der Waals surface area (Å²) >= 11 is 0. The summed E-state index contributed by atoms with van der Waals surface area (Å²) in [6.07, 6.45) is 2.78. The summed E-state index contributed by atoms with van der Waals surface area (Å²) < 4.78 is 5.39. The highest BCUT2D eigenvalue weighted by molar-refractivity contribution is 5.92. The number of nitrogens with one attached hydrogen (secondary N) is 2. The van der Waals surface area contributed by atoms with Gasteiger partial charge in [0, 0.05) is 24.5 Å². The van der Waals surface area contributed by atoms with E-state index >= 15 is 0 Å². The second-order valence-corrected chi connectivity index (χ2v) is 7.75. The van der Waals surface area contributed by atoms with Gasteiger partial charge in [-0.25, -0.2) is 0 Å². The Hall–Kier alpha value is -1.79. The van der Waals surface area contributed by atoms with Gasteiger partial charge in [0.05, 0.1) is 19.6 Å². The Morgan fingerprint density at radius 2 is 1.67 bits per heavy atom. The number of hydrogen-bond acceptors (Lipinski definition) is 4. The van der Waals surface area contributed by atoms with Gasteiger partial charge in [0.25, 0.3) is 0 Å². The van der Waals surface area contributed by atoms with Crippen molar-refractivity contribution in [1.82, 2.24) is 5.32 Å². The summed E-state index contributed by atoms with van der Waals surface area (Å²) in [5.74, 6) is 0.765. The van der Waals surface area contributed by atoms with Crippen LogP contribution in [0.3, 0.4) is 0 Å². The van der Waals surface area contributed by atoms with Crippen LogP contribution in [0.5, 0.6) is 0 Å². The predicted octanol–water partition coefficient (Wildman–Crippen LogP) is 3.70. The van der Waals surface area contributed by atoms with E-state index in [1.165, 1.54) is 17.7 Å². The number of ether oxygens (including phenoxy) is 1. The van der Waals surface area contributed by atoms with Crippen LogP contribution >= 0.6 is 24.8 Å². The van der Waals surface area contributed by atoms with E-state index in [1.807, 2.05) is 12.1 Å². The first-order valence-electron chi connectivity index (χ1n) is 10.3. The molecule has 30 heavy (non-hydrogen) atoms. The second-order valence-electron chi connectivity index (χ2n) is 7.75. The Morgan fingerprint density at radius 1 is 1.00 bits per heavy atom. The summed E-state index contributed by atoms with van der Waals surface area (Å²) in [7, 11) is 0. The molecule has 1 amide bonds. The Kier molecular flexibility index (Phi) is 9.92. The van der Waals surface area contributed by atoms with E-state index in [1.54, 1.807) is 0 Å². The number of carbonyl (C=O) groups is 1. The smallest absolute Gasteiger partial charge is 0.228 e. The maximum absolute atomic E-state index is 12.4. The van der Waals surface area contributed by atoms with Crippen molar-refractivity contribution in [3.63, 3.8) is 0 Å². The van der Waals surface area contributed by atoms with Crippen molar-refractivity contribution in [3.05, 3.63) is 59.7 Å². The minimum atomic E-state index is 0. The molecule has 2 fully saturated rings. The van der Waals surface area contributed by atoms with Crippen LogP contribution in [0.2, 0.25) is 0 Å². The molecule has 4 rings (SSSR count). The number of amides is 1. The zero-order valence-corrected chi connectivity index (χ0v) is 18.8. The molecule has 0 radical (unpaired) electrons. The van der Waals surface area contributed by atoms with Crippen molar-refractivity contribution < 1.29 is 9.53 Å². The highest BCUT2D eigenvalue weighted by atomic mass is 35.5. The second kappa shape index (κ2) is 12.2. The lowest BCUT2D eigenvalue weighted by atomic mass is 9.97. The van der Waals surface area contributed by atoms with E-state index < -0.39 is 0 Å². The normalized spacial score (nSPS) is 18.3. The number of nitrogens with zero attached hydrogens (tertiary/aromatic N) is 1. The predicted molar refractivity (Wildman–Crippen MR) is 127 cm³/mol. The molecule has 5 nitrogen and oxygen atoms in total. The number of benzene rings is 2. The van der Waals surface area contributed by atoms with Crippen molar-refractivity contribution in [2.24, 2.45) is 5.92 Å². The molecule has 164 valence electrons. The van der Waals surface area contributed by atoms with E-state index in [4.69, 9.17) is 4.74 Å². The lowest BCUT2D eigenvalue weighted by Gasteiger charge is -2.28. The molecule has 0 saturated carbocycles. The molecule has 7 heteroatoms. The number of anilines is 2. The van der Waals surface area contributed by atoms with Crippen LogP contribution in [0, 0.1) is 5.92 Å². The number of rotatable bonds is 6. The first-order valence-corrected chi connectivity index (χ1v) is 10.3. The molecule has 2 saturated heterocycles. The molecule has 0 aliphatic carbocycles. The molecule has 0 spiro atoms. The van der Waals surface area contributed by atoms with Gasteiger partial charge in [-0.15, -0.1) is 24.8 Å². The standard InChI is InChI=1S/C23H29N3O2.2ClH/c27-23(16-19-3-1-18(2-4-19)15-20-9-10-24-17-20)25-21-5-7-22(8-6-21)26-11-13-28-14-12-26;;/h1-8,20,24H,9-17H2,(H,25,27);2*1H. The average molecular weight is 452 g/mol. The molecule has 2 N–H and O–H groups in total. The number of carbonyl (C=O) groups excluding carboxylic acids is 1. The Balaban J connectivity index is 0.00000160. The zero-order chi connectivity index (χ0) is 19.2. The molecular formula is C23H31Cl2N3O2. The van der Waals surface area contributed by atoms with Crippen molar-refractivity contribution in [1.29, 1.82) is 0 Å². The van der Waals surface area contributed by atoms with Gasteiger partial charge < -0.3 is 20.3 Å². The third-order valence-corrected chi connectivity index (χ3v) is 5.60. The zero-order valence-electron chi connectivity index (χ0n) is 17.1. The fraction of sp³-hybridized carbons (Fsp3) is 0.435. The van der Waals surface area contributed by atoms with Crippen LogP contribution in [0.15, 0.2) is 48.5 Å². The van der Waals surface area contributed by atoms with Gasteiger partial charge >= 0.3 is 0 Å². The average Bonchev–Trinajstić information content (AvgIpc) is 3.24. The highest BCUT2D eigenvalue weighted by Crippen LogP contribution is 2.20. The molecule has 0 aromatic heterocycles. The summed E-state index contributed by atoms with van der Waals surface area (Å²) in [5.41, 5.74) is 4.43. The molecule has 0 bridgehead atoms. The summed E-state index contributed by atoms with van der Waals surface area (Å²) in [5, 5.41) is 6.42. The molecule has 2 aliphatic rings. The van der Waals surface area contributed by atoms with Gasteiger partial charge in [-0.1, -0.05) is 24.3 Å². The quantitative estimate of drug-likeness (QED) is 0.702. The Morgan fingerprint density at radius 3 is 2.30 bits per heavy atom. The van der Waals surface area contributed by atoms with Crippen molar-refractivity contribution >= 4 is 42.1 Å². The molecule has 1 atom stereocenters. The molecule has 1 unspecified atom stereocenters. The first-order chi connectivity index (χ1) is 13.8. The minimum Gasteiger partial charge on any atom is -0.378 e. The molecule has 2 aromatic carbocycles. The number of halogens is 2. The lowest BCUT2D eigenvalue weighted by Crippen LogP contribution is -2.36. The van der Waals surface area contributed by atoms with Crippen molar-refractivity contribution in [3.8, 4) is 0 Å². The van der Waals surface area contributed by atoms with Crippen molar-refractivity contribution in [2.75, 3.05) is 49.6 Å². The largest absolute Gasteiger partial charge is 0.378 e. The SMILES string of the molecule is Cl.Cl.O=C(Cc1ccc(CC2CCNC2)cc1)Nc1ccc(N2CCOCC2)cc1. The van der Waals surface area contributed by atoms with Crippen molar-refractivity contribution in [2.45, 2.75) is 19.3 Å². The third-order valence-electron chi connectivity index (χ3n) is 5.60. The number of morpholine rings is 1. The van der Waals surface area contributed by atoms with Crippen LogP contribution in [0.4, 0.5) is 11.4 Å². The topological polar surface area (TPSA) is 53.6 Å². The van der Waals surface area contributed by atoms with Crippen LogP contribution in [-0.4, -0.2) is 45.3 Å². The number of hydrogen-bond donors (Lipinski definition) is 2. The van der Waals surface area contributed by atoms with Gasteiger partial charge in [-0.3, -0.25) is 4.79 Å². The maximum Gasteiger partial charge on any atom is 0.228 e. The van der Waals surface area contributed by atoms with Gasteiger partial charge in [-0.2, -0.15) is 0 Å². The summed E-state index contributed by atoms with van der Waals surface area (Å²) in [6.45, 7) is 5.63.